The fraction of sp³-hybridized carbons (Fsp3) is 0.875. The molecule has 0 N–H and O–H groups in total. The number of carbonyl (C=O) groups excluding carboxylic acids is 1. The Labute approximate surface area is 73.7 Å². The SMILES string of the molecule is CN(C)C(=O)N1CCCCN1C. The standard InChI is InChI=1S/C8H17N3O/c1-9(2)8(12)11-7-5-4-6-10(11)3/h4-7H2,1-3H3. The van der Waals surface area contributed by atoms with Crippen LogP contribution in [0.3, 0.4) is 0 Å². The van der Waals surface area contributed by atoms with Crippen LogP contribution in [0.25, 0.3) is 0 Å². The highest BCUT2D eigenvalue weighted by Gasteiger charge is 2.22. The van der Waals surface area contributed by atoms with Crippen LogP contribution in [0.4, 0.5) is 4.79 Å². The Balaban J connectivity index is 2.53. The van der Waals surface area contributed by atoms with Crippen molar-refractivity contribution in [1.82, 2.24) is 14.9 Å². The largest absolute Gasteiger partial charge is 0.334 e. The molecule has 1 heterocycles. The van der Waals surface area contributed by atoms with Crippen LogP contribution in [0, 0.1) is 0 Å². The average Bonchev–Trinajstić information content (AvgIpc) is 2.04. The van der Waals surface area contributed by atoms with Gasteiger partial charge in [0.25, 0.3) is 0 Å². The summed E-state index contributed by atoms with van der Waals surface area (Å²) in [4.78, 5) is 13.1. The first-order chi connectivity index (χ1) is 5.63. The van der Waals surface area contributed by atoms with E-state index in [0.29, 0.717) is 0 Å². The van der Waals surface area contributed by atoms with Gasteiger partial charge in [0.2, 0.25) is 0 Å². The fourth-order valence-electron chi connectivity index (χ4n) is 1.37. The molecule has 0 spiro atoms. The van der Waals surface area contributed by atoms with Gasteiger partial charge < -0.3 is 4.90 Å². The number of hydrogen-bond acceptors (Lipinski definition) is 2. The van der Waals surface area contributed by atoms with E-state index in [9.17, 15) is 4.79 Å². The lowest BCUT2D eigenvalue weighted by Gasteiger charge is -2.37. The van der Waals surface area contributed by atoms with Crippen molar-refractivity contribution in [3.8, 4) is 0 Å². The van der Waals surface area contributed by atoms with Gasteiger partial charge in [0, 0.05) is 34.2 Å². The summed E-state index contributed by atoms with van der Waals surface area (Å²) in [6, 6.07) is 0.0807. The number of amides is 2. The zero-order chi connectivity index (χ0) is 9.14. The van der Waals surface area contributed by atoms with Gasteiger partial charge in [0.05, 0.1) is 0 Å². The molecule has 4 nitrogen and oxygen atoms in total. The van der Waals surface area contributed by atoms with Gasteiger partial charge in [-0.05, 0) is 12.8 Å². The molecule has 0 aromatic carbocycles. The number of nitrogens with zero attached hydrogens (tertiary/aromatic N) is 3. The fourth-order valence-corrected chi connectivity index (χ4v) is 1.37. The van der Waals surface area contributed by atoms with E-state index in [1.807, 2.05) is 12.1 Å². The third-order valence-electron chi connectivity index (χ3n) is 2.12. The van der Waals surface area contributed by atoms with Crippen LogP contribution in [0.2, 0.25) is 0 Å². The summed E-state index contributed by atoms with van der Waals surface area (Å²) in [5.74, 6) is 0. The third kappa shape index (κ3) is 1.88. The van der Waals surface area contributed by atoms with Gasteiger partial charge in [-0.1, -0.05) is 0 Å². The minimum absolute atomic E-state index is 0.0807. The molecule has 1 rings (SSSR count). The zero-order valence-corrected chi connectivity index (χ0v) is 8.08. The quantitative estimate of drug-likeness (QED) is 0.534. The minimum Gasteiger partial charge on any atom is -0.330 e. The first kappa shape index (κ1) is 9.32. The molecule has 0 aromatic rings. The molecule has 0 aromatic heterocycles. The molecular weight excluding hydrogens is 154 g/mol. The van der Waals surface area contributed by atoms with Crippen LogP contribution in [-0.4, -0.2) is 55.2 Å². The zero-order valence-electron chi connectivity index (χ0n) is 8.08. The summed E-state index contributed by atoms with van der Waals surface area (Å²) >= 11 is 0. The van der Waals surface area contributed by atoms with Gasteiger partial charge in [-0.3, -0.25) is 5.01 Å². The van der Waals surface area contributed by atoms with E-state index < -0.39 is 0 Å². The van der Waals surface area contributed by atoms with E-state index in [-0.39, 0.29) is 6.03 Å². The monoisotopic (exact) mass is 171 g/mol. The molecule has 1 aliphatic heterocycles. The molecule has 1 aliphatic rings. The van der Waals surface area contributed by atoms with Crippen molar-refractivity contribution in [1.29, 1.82) is 0 Å². The Morgan fingerprint density at radius 3 is 2.33 bits per heavy atom. The lowest BCUT2D eigenvalue weighted by molar-refractivity contribution is 0.00189. The minimum atomic E-state index is 0.0807. The molecule has 0 radical (unpaired) electrons. The van der Waals surface area contributed by atoms with Crippen LogP contribution in [0.5, 0.6) is 0 Å². The van der Waals surface area contributed by atoms with Crippen LogP contribution < -0.4 is 0 Å². The van der Waals surface area contributed by atoms with Crippen molar-refractivity contribution in [2.45, 2.75) is 12.8 Å². The number of urea groups is 1. The Kier molecular flexibility index (Phi) is 2.92. The smallest absolute Gasteiger partial charge is 0.330 e. The maximum absolute atomic E-state index is 11.5. The molecule has 70 valence electrons. The van der Waals surface area contributed by atoms with Gasteiger partial charge in [-0.15, -0.1) is 0 Å². The normalized spacial score (nSPS) is 19.4. The predicted octanol–water partition coefficient (Wildman–Crippen LogP) is 0.611. The van der Waals surface area contributed by atoms with Crippen LogP contribution in [0.1, 0.15) is 12.8 Å². The second kappa shape index (κ2) is 3.76. The van der Waals surface area contributed by atoms with Crippen molar-refractivity contribution in [3.63, 3.8) is 0 Å². The first-order valence-corrected chi connectivity index (χ1v) is 4.33. The third-order valence-corrected chi connectivity index (χ3v) is 2.12. The van der Waals surface area contributed by atoms with Gasteiger partial charge in [0.15, 0.2) is 0 Å². The Bertz CT molecular complexity index is 170. The summed E-state index contributed by atoms with van der Waals surface area (Å²) < 4.78 is 0. The second-order valence-electron chi connectivity index (χ2n) is 3.39. The van der Waals surface area contributed by atoms with Crippen molar-refractivity contribution in [2.75, 3.05) is 34.2 Å². The molecule has 2 amide bonds. The molecule has 1 fully saturated rings. The highest BCUT2D eigenvalue weighted by molar-refractivity contribution is 5.73. The molecule has 0 atom stereocenters. The van der Waals surface area contributed by atoms with Crippen molar-refractivity contribution < 1.29 is 4.79 Å². The van der Waals surface area contributed by atoms with E-state index in [2.05, 4.69) is 0 Å². The van der Waals surface area contributed by atoms with Gasteiger partial charge >= 0.3 is 6.03 Å². The van der Waals surface area contributed by atoms with E-state index >= 15 is 0 Å². The number of hydrogen-bond donors (Lipinski definition) is 0. The van der Waals surface area contributed by atoms with E-state index in [1.54, 1.807) is 24.0 Å². The number of rotatable bonds is 0. The van der Waals surface area contributed by atoms with Gasteiger partial charge in [-0.25, -0.2) is 9.80 Å². The summed E-state index contributed by atoms with van der Waals surface area (Å²) in [5, 5.41) is 3.79. The maximum atomic E-state index is 11.5. The lowest BCUT2D eigenvalue weighted by Crippen LogP contribution is -2.51. The lowest BCUT2D eigenvalue weighted by atomic mass is 10.2. The summed E-state index contributed by atoms with van der Waals surface area (Å²) in [6.07, 6.45) is 2.30. The Hall–Kier alpha value is -0.770. The molecular formula is C8H17N3O. The highest BCUT2D eigenvalue weighted by atomic mass is 16.2. The highest BCUT2D eigenvalue weighted by Crippen LogP contribution is 2.09. The Morgan fingerprint density at radius 1 is 1.25 bits per heavy atom. The van der Waals surface area contributed by atoms with E-state index in [0.717, 1.165) is 19.5 Å². The van der Waals surface area contributed by atoms with Gasteiger partial charge in [0.1, 0.15) is 0 Å². The second-order valence-corrected chi connectivity index (χ2v) is 3.39. The average molecular weight is 171 g/mol. The summed E-state index contributed by atoms with van der Waals surface area (Å²) in [5.41, 5.74) is 0. The van der Waals surface area contributed by atoms with Crippen molar-refractivity contribution in [3.05, 3.63) is 0 Å². The Morgan fingerprint density at radius 2 is 1.83 bits per heavy atom. The summed E-state index contributed by atoms with van der Waals surface area (Å²) in [6.45, 7) is 1.84. The molecule has 0 unspecified atom stereocenters. The topological polar surface area (TPSA) is 26.8 Å². The van der Waals surface area contributed by atoms with Crippen LogP contribution in [-0.2, 0) is 0 Å². The first-order valence-electron chi connectivity index (χ1n) is 4.33. The number of carbonyl (C=O) groups is 1. The summed E-state index contributed by atoms with van der Waals surface area (Å²) in [7, 11) is 5.52. The molecule has 0 saturated carbocycles. The predicted molar refractivity (Wildman–Crippen MR) is 47.7 cm³/mol. The van der Waals surface area contributed by atoms with E-state index in [4.69, 9.17) is 0 Å². The maximum Gasteiger partial charge on any atom is 0.334 e. The van der Waals surface area contributed by atoms with Crippen LogP contribution >= 0.6 is 0 Å². The van der Waals surface area contributed by atoms with E-state index in [1.165, 1.54) is 6.42 Å². The van der Waals surface area contributed by atoms with Crippen molar-refractivity contribution >= 4 is 6.03 Å². The molecule has 4 heteroatoms. The molecule has 0 aliphatic carbocycles. The van der Waals surface area contributed by atoms with Gasteiger partial charge in [-0.2, -0.15) is 0 Å². The van der Waals surface area contributed by atoms with Crippen LogP contribution in [0.15, 0.2) is 0 Å². The van der Waals surface area contributed by atoms with Crippen molar-refractivity contribution in [2.24, 2.45) is 0 Å². The molecule has 0 bridgehead atoms. The number of hydrazine groups is 1. The molecule has 1 saturated heterocycles. The molecule has 12 heavy (non-hydrogen) atoms.